The molecule has 18 heavy (non-hydrogen) atoms. The van der Waals surface area contributed by atoms with E-state index in [0.29, 0.717) is 19.6 Å². The van der Waals surface area contributed by atoms with Crippen molar-refractivity contribution in [2.75, 3.05) is 26.7 Å². The maximum absolute atomic E-state index is 12.5. The van der Waals surface area contributed by atoms with E-state index in [1.165, 1.54) is 4.31 Å². The molecule has 0 bridgehead atoms. The Morgan fingerprint density at radius 3 is 2.61 bits per heavy atom. The summed E-state index contributed by atoms with van der Waals surface area (Å²) in [4.78, 5) is 0. The number of piperidine rings is 1. The summed E-state index contributed by atoms with van der Waals surface area (Å²) in [5, 5.41) is 12.8. The topological polar surface area (TPSA) is 72.9 Å². The average Bonchev–Trinajstić information content (AvgIpc) is 2.74. The molecule has 2 rings (SSSR count). The van der Waals surface area contributed by atoms with E-state index in [1.807, 2.05) is 6.92 Å². The molecule has 0 aromatic heterocycles. The zero-order valence-electron chi connectivity index (χ0n) is 11.0. The van der Waals surface area contributed by atoms with Gasteiger partial charge in [-0.1, -0.05) is 6.42 Å². The summed E-state index contributed by atoms with van der Waals surface area (Å²) in [7, 11) is -1.89. The fraction of sp³-hybridized carbons (Fsp3) is 1.00. The quantitative estimate of drug-likeness (QED) is 0.720. The monoisotopic (exact) mass is 277 g/mol. The van der Waals surface area contributed by atoms with Gasteiger partial charge in [-0.05, 0) is 19.8 Å². The van der Waals surface area contributed by atoms with Crippen LogP contribution in [0.5, 0.6) is 0 Å². The van der Waals surface area contributed by atoms with Gasteiger partial charge in [-0.2, -0.15) is 17.0 Å². The zero-order valence-corrected chi connectivity index (χ0v) is 11.9. The van der Waals surface area contributed by atoms with Gasteiger partial charge in [0, 0.05) is 32.7 Å². The minimum Gasteiger partial charge on any atom is -0.390 e. The lowest BCUT2D eigenvalue weighted by atomic mass is 10.1. The molecule has 2 fully saturated rings. The Kier molecular flexibility index (Phi) is 4.28. The highest BCUT2D eigenvalue weighted by Crippen LogP contribution is 2.23. The molecule has 1 unspecified atom stereocenters. The summed E-state index contributed by atoms with van der Waals surface area (Å²) in [5.41, 5.74) is 0. The Labute approximate surface area is 109 Å². The van der Waals surface area contributed by atoms with Gasteiger partial charge in [0.2, 0.25) is 0 Å². The molecule has 6 nitrogen and oxygen atoms in total. The minimum absolute atomic E-state index is 0.0534. The Hall–Kier alpha value is -0.210. The first-order chi connectivity index (χ1) is 8.44. The number of rotatable bonds is 3. The molecular weight excluding hydrogens is 254 g/mol. The SMILES string of the molecule is CC1CCCCN1S(=O)(=O)N(C)[C@@H]1CNC[C@H]1O. The molecule has 2 saturated heterocycles. The van der Waals surface area contributed by atoms with Gasteiger partial charge < -0.3 is 10.4 Å². The highest BCUT2D eigenvalue weighted by Gasteiger charge is 2.39. The second-order valence-corrected chi connectivity index (χ2v) is 7.21. The summed E-state index contributed by atoms with van der Waals surface area (Å²) >= 11 is 0. The Bertz CT molecular complexity index is 387. The van der Waals surface area contributed by atoms with Gasteiger partial charge in [-0.15, -0.1) is 0 Å². The van der Waals surface area contributed by atoms with Crippen LogP contribution in [0, 0.1) is 0 Å². The van der Waals surface area contributed by atoms with Gasteiger partial charge in [0.25, 0.3) is 10.2 Å². The minimum atomic E-state index is -3.46. The lowest BCUT2D eigenvalue weighted by Crippen LogP contribution is -2.53. The van der Waals surface area contributed by atoms with E-state index in [4.69, 9.17) is 0 Å². The summed E-state index contributed by atoms with van der Waals surface area (Å²) < 4.78 is 28.0. The highest BCUT2D eigenvalue weighted by atomic mass is 32.2. The third-order valence-corrected chi connectivity index (χ3v) is 6.15. The number of likely N-dealkylation sites (N-methyl/N-ethyl adjacent to an activating group) is 1. The average molecular weight is 277 g/mol. The molecule has 2 N–H and O–H groups in total. The fourth-order valence-corrected chi connectivity index (χ4v) is 4.58. The van der Waals surface area contributed by atoms with Crippen LogP contribution in [0.3, 0.4) is 0 Å². The molecule has 3 atom stereocenters. The van der Waals surface area contributed by atoms with Gasteiger partial charge in [-0.3, -0.25) is 0 Å². The van der Waals surface area contributed by atoms with E-state index >= 15 is 0 Å². The van der Waals surface area contributed by atoms with Crippen LogP contribution in [0.1, 0.15) is 26.2 Å². The molecule has 0 radical (unpaired) electrons. The van der Waals surface area contributed by atoms with Crippen LogP contribution >= 0.6 is 0 Å². The van der Waals surface area contributed by atoms with Crippen molar-refractivity contribution in [3.8, 4) is 0 Å². The summed E-state index contributed by atoms with van der Waals surface area (Å²) in [5.74, 6) is 0. The maximum atomic E-state index is 12.5. The number of nitrogens with zero attached hydrogens (tertiary/aromatic N) is 2. The normalized spacial score (nSPS) is 35.2. The highest BCUT2D eigenvalue weighted by molar-refractivity contribution is 7.86. The standard InChI is InChI=1S/C11H23N3O3S/c1-9-5-3-4-6-14(9)18(16,17)13(2)10-7-12-8-11(10)15/h9-12,15H,3-8H2,1-2H3/t9?,10-,11-/m1/s1. The number of β-amino-alcohol motifs (C(OH)–C–C–N with tert-alkyl or cyclic N) is 1. The molecule has 0 aliphatic carbocycles. The van der Waals surface area contributed by atoms with Crippen molar-refractivity contribution in [1.82, 2.24) is 13.9 Å². The predicted octanol–water partition coefficient (Wildman–Crippen LogP) is -0.630. The van der Waals surface area contributed by atoms with Gasteiger partial charge in [0.15, 0.2) is 0 Å². The molecule has 0 amide bonds. The molecular formula is C11H23N3O3S. The fourth-order valence-electron chi connectivity index (χ4n) is 2.77. The van der Waals surface area contributed by atoms with E-state index in [-0.39, 0.29) is 12.1 Å². The first-order valence-electron chi connectivity index (χ1n) is 6.58. The van der Waals surface area contributed by atoms with Crippen LogP contribution in [0.2, 0.25) is 0 Å². The Morgan fingerprint density at radius 2 is 2.06 bits per heavy atom. The Balaban J connectivity index is 2.14. The largest absolute Gasteiger partial charge is 0.390 e. The zero-order chi connectivity index (χ0) is 13.3. The Morgan fingerprint density at radius 1 is 1.33 bits per heavy atom. The second-order valence-electron chi connectivity index (χ2n) is 5.27. The van der Waals surface area contributed by atoms with Crippen LogP contribution in [-0.2, 0) is 10.2 Å². The van der Waals surface area contributed by atoms with Gasteiger partial charge >= 0.3 is 0 Å². The van der Waals surface area contributed by atoms with Crippen LogP contribution < -0.4 is 5.32 Å². The van der Waals surface area contributed by atoms with Crippen LogP contribution in [0.25, 0.3) is 0 Å². The number of aliphatic hydroxyl groups excluding tert-OH is 1. The predicted molar refractivity (Wildman–Crippen MR) is 69.4 cm³/mol. The van der Waals surface area contributed by atoms with Crippen molar-refractivity contribution in [3.05, 3.63) is 0 Å². The van der Waals surface area contributed by atoms with E-state index in [1.54, 1.807) is 11.4 Å². The first kappa shape index (κ1) is 14.2. The van der Waals surface area contributed by atoms with Crippen molar-refractivity contribution >= 4 is 10.2 Å². The number of hydrogen-bond acceptors (Lipinski definition) is 4. The van der Waals surface area contributed by atoms with E-state index < -0.39 is 16.3 Å². The summed E-state index contributed by atoms with van der Waals surface area (Å²) in [6.07, 6.45) is 2.30. The number of aliphatic hydroxyl groups is 1. The van der Waals surface area contributed by atoms with Gasteiger partial charge in [0.05, 0.1) is 12.1 Å². The van der Waals surface area contributed by atoms with Crippen molar-refractivity contribution in [2.24, 2.45) is 0 Å². The van der Waals surface area contributed by atoms with Gasteiger partial charge in [-0.25, -0.2) is 0 Å². The molecule has 106 valence electrons. The molecule has 0 aromatic rings. The van der Waals surface area contributed by atoms with Crippen molar-refractivity contribution in [1.29, 1.82) is 0 Å². The molecule has 0 spiro atoms. The summed E-state index contributed by atoms with van der Waals surface area (Å²) in [6.45, 7) is 3.51. The summed E-state index contributed by atoms with van der Waals surface area (Å²) in [6, 6.07) is -0.304. The molecule has 2 heterocycles. The van der Waals surface area contributed by atoms with Crippen molar-refractivity contribution in [2.45, 2.75) is 44.4 Å². The third-order valence-electron chi connectivity index (χ3n) is 4.02. The smallest absolute Gasteiger partial charge is 0.282 e. The lowest BCUT2D eigenvalue weighted by Gasteiger charge is -2.37. The van der Waals surface area contributed by atoms with E-state index in [9.17, 15) is 13.5 Å². The lowest BCUT2D eigenvalue weighted by molar-refractivity contribution is 0.129. The molecule has 2 aliphatic heterocycles. The number of hydrogen-bond donors (Lipinski definition) is 2. The molecule has 0 aromatic carbocycles. The molecule has 0 saturated carbocycles. The molecule has 7 heteroatoms. The van der Waals surface area contributed by atoms with E-state index in [2.05, 4.69) is 5.32 Å². The second kappa shape index (κ2) is 5.42. The van der Waals surface area contributed by atoms with E-state index in [0.717, 1.165) is 19.3 Å². The van der Waals surface area contributed by atoms with Crippen LogP contribution in [0.15, 0.2) is 0 Å². The number of nitrogens with one attached hydrogen (secondary N) is 1. The van der Waals surface area contributed by atoms with Crippen molar-refractivity contribution < 1.29 is 13.5 Å². The van der Waals surface area contributed by atoms with Crippen LogP contribution in [0.4, 0.5) is 0 Å². The first-order valence-corrected chi connectivity index (χ1v) is 7.98. The third kappa shape index (κ3) is 2.55. The molecule has 2 aliphatic rings. The maximum Gasteiger partial charge on any atom is 0.282 e. The van der Waals surface area contributed by atoms with Crippen molar-refractivity contribution in [3.63, 3.8) is 0 Å². The van der Waals surface area contributed by atoms with Crippen LogP contribution in [-0.4, -0.2) is 67.0 Å². The van der Waals surface area contributed by atoms with Gasteiger partial charge in [0.1, 0.15) is 0 Å².